The molecule has 1 amide bonds. The van der Waals surface area contributed by atoms with Crippen molar-refractivity contribution in [3.8, 4) is 11.5 Å². The molecule has 6 nitrogen and oxygen atoms in total. The first kappa shape index (κ1) is 26.8. The zero-order valence-electron chi connectivity index (χ0n) is 21.5. The smallest absolute Gasteiger partial charge is 0.220 e. The number of unbranched alkanes of at least 4 members (excludes halogenated alkanes) is 4. The van der Waals surface area contributed by atoms with Crippen LogP contribution < -0.4 is 20.5 Å². The summed E-state index contributed by atoms with van der Waals surface area (Å²) in [5.74, 6) is 3.78. The van der Waals surface area contributed by atoms with Crippen molar-refractivity contribution in [2.75, 3.05) is 20.3 Å². The minimum Gasteiger partial charge on any atom is -0.486 e. The van der Waals surface area contributed by atoms with E-state index in [1.807, 2.05) is 13.0 Å². The van der Waals surface area contributed by atoms with Crippen molar-refractivity contribution in [1.82, 2.24) is 5.32 Å². The first-order valence-electron chi connectivity index (χ1n) is 13.5. The van der Waals surface area contributed by atoms with Crippen molar-refractivity contribution in [2.45, 2.75) is 96.6 Å². The van der Waals surface area contributed by atoms with Gasteiger partial charge >= 0.3 is 0 Å². The summed E-state index contributed by atoms with van der Waals surface area (Å²) in [5.41, 5.74) is 6.22. The Balaban J connectivity index is 0.000000262. The van der Waals surface area contributed by atoms with Crippen LogP contribution in [0.25, 0.3) is 0 Å². The first-order chi connectivity index (χ1) is 16.5. The number of hydrogen-bond acceptors (Lipinski definition) is 5. The van der Waals surface area contributed by atoms with Crippen LogP contribution in [0.15, 0.2) is 18.2 Å². The first-order valence-corrected chi connectivity index (χ1v) is 13.5. The summed E-state index contributed by atoms with van der Waals surface area (Å²) < 4.78 is 11.0. The van der Waals surface area contributed by atoms with Crippen molar-refractivity contribution in [1.29, 1.82) is 0 Å². The van der Waals surface area contributed by atoms with Crippen LogP contribution in [-0.2, 0) is 4.79 Å². The number of benzene rings is 1. The predicted molar refractivity (Wildman–Crippen MR) is 136 cm³/mol. The minimum absolute atomic E-state index is 0.00408. The van der Waals surface area contributed by atoms with Crippen LogP contribution in [-0.4, -0.2) is 37.3 Å². The molecule has 4 unspecified atom stereocenters. The third kappa shape index (κ3) is 6.45. The van der Waals surface area contributed by atoms with E-state index in [0.717, 1.165) is 23.8 Å². The Bertz CT molecular complexity index is 780. The Hall–Kier alpha value is -1.79. The lowest BCUT2D eigenvalue weighted by atomic mass is 9.71. The molecular weight excluding hydrogens is 428 g/mol. The maximum atomic E-state index is 12.0. The van der Waals surface area contributed by atoms with Crippen LogP contribution in [0, 0.1) is 17.3 Å². The van der Waals surface area contributed by atoms with Gasteiger partial charge in [-0.25, -0.2) is 0 Å². The van der Waals surface area contributed by atoms with Crippen LogP contribution in [0.1, 0.15) is 96.1 Å². The SMILES string of the molecule is C1CC2CC23CCC13.CCCCCCCC(=O)NC(C)[C@H](O)c1ccc2c(c1)OCCO2.CN. The number of nitrogens with two attached hydrogens (primary N) is 1. The lowest BCUT2D eigenvalue weighted by Crippen LogP contribution is -2.37. The third-order valence-electron chi connectivity index (χ3n) is 8.19. The van der Waals surface area contributed by atoms with Gasteiger partial charge in [-0.15, -0.1) is 0 Å². The summed E-state index contributed by atoms with van der Waals surface area (Å²) in [6.07, 6.45) is 13.3. The summed E-state index contributed by atoms with van der Waals surface area (Å²) in [5, 5.41) is 13.4. The van der Waals surface area contributed by atoms with Crippen molar-refractivity contribution in [2.24, 2.45) is 23.0 Å². The number of ether oxygens (including phenoxy) is 2. The molecule has 6 heteroatoms. The molecule has 4 N–H and O–H groups in total. The predicted octanol–water partition coefficient (Wildman–Crippen LogP) is 5.13. The fourth-order valence-electron chi connectivity index (χ4n) is 5.98. The molecule has 1 aromatic rings. The van der Waals surface area contributed by atoms with Gasteiger partial charge in [0.15, 0.2) is 11.5 Å². The number of rotatable bonds is 9. The molecule has 34 heavy (non-hydrogen) atoms. The van der Waals surface area contributed by atoms with Gasteiger partial charge in [-0.3, -0.25) is 4.79 Å². The molecule has 1 aliphatic heterocycles. The minimum atomic E-state index is -0.773. The summed E-state index contributed by atoms with van der Waals surface area (Å²) in [4.78, 5) is 12.0. The topological polar surface area (TPSA) is 93.8 Å². The van der Waals surface area contributed by atoms with Crippen LogP contribution >= 0.6 is 0 Å². The van der Waals surface area contributed by atoms with Gasteiger partial charge in [0.05, 0.1) is 12.1 Å². The van der Waals surface area contributed by atoms with E-state index in [1.165, 1.54) is 38.1 Å². The molecular formula is C28H46N2O4. The standard InChI is InChI=1S/C19H29NO4.C8H12.CH5N/c1-3-4-5-6-7-8-18(21)20-14(2)19(22)15-9-10-16-17(13-15)24-12-11-23-16;1-2-7-5-8(7)4-3-6(1)8;1-2/h9-10,13-14,19,22H,3-8,11-12H2,1-2H3,(H,20,21);6-7H,1-5H2;2H2,1H3/t14?,19-;;/m0../s1. The van der Waals surface area contributed by atoms with Gasteiger partial charge in [-0.05, 0) is 87.4 Å². The number of nitrogens with one attached hydrogen (secondary N) is 1. The Labute approximate surface area is 206 Å². The van der Waals surface area contributed by atoms with E-state index in [9.17, 15) is 9.90 Å². The molecule has 1 heterocycles. The Kier molecular flexibility index (Phi) is 10.1. The monoisotopic (exact) mass is 474 g/mol. The molecule has 1 aromatic carbocycles. The molecule has 0 saturated heterocycles. The van der Waals surface area contributed by atoms with Gasteiger partial charge in [0.1, 0.15) is 13.2 Å². The van der Waals surface area contributed by atoms with E-state index < -0.39 is 6.10 Å². The zero-order valence-corrected chi connectivity index (χ0v) is 21.5. The molecule has 5 atom stereocenters. The van der Waals surface area contributed by atoms with Gasteiger partial charge in [0.25, 0.3) is 0 Å². The van der Waals surface area contributed by atoms with Gasteiger partial charge < -0.3 is 25.6 Å². The van der Waals surface area contributed by atoms with Crippen LogP contribution in [0.2, 0.25) is 0 Å². The third-order valence-corrected chi connectivity index (χ3v) is 8.19. The van der Waals surface area contributed by atoms with Crippen LogP contribution in [0.4, 0.5) is 0 Å². The number of carbonyl (C=O) groups is 1. The fraction of sp³-hybridized carbons (Fsp3) is 0.750. The number of fused-ring (bicyclic) bond motifs is 1. The maximum absolute atomic E-state index is 12.0. The molecule has 0 aromatic heterocycles. The second-order valence-electron chi connectivity index (χ2n) is 10.3. The highest BCUT2D eigenvalue weighted by atomic mass is 16.6. The van der Waals surface area contributed by atoms with E-state index in [1.54, 1.807) is 44.2 Å². The summed E-state index contributed by atoms with van der Waals surface area (Å²) in [7, 11) is 1.50. The molecule has 0 radical (unpaired) electrons. The molecule has 192 valence electrons. The van der Waals surface area contributed by atoms with Crippen molar-refractivity contribution >= 4 is 5.91 Å². The van der Waals surface area contributed by atoms with Gasteiger partial charge in [0.2, 0.25) is 5.91 Å². The zero-order chi connectivity index (χ0) is 24.6. The average Bonchev–Trinajstić information content (AvgIpc) is 3.56. The van der Waals surface area contributed by atoms with Gasteiger partial charge in [-0.2, -0.15) is 0 Å². The number of hydrogen-bond donors (Lipinski definition) is 3. The summed E-state index contributed by atoms with van der Waals surface area (Å²) in [6.45, 7) is 5.04. The van der Waals surface area contributed by atoms with E-state index in [0.29, 0.717) is 31.1 Å². The molecule has 4 aliphatic rings. The average molecular weight is 475 g/mol. The van der Waals surface area contributed by atoms with E-state index in [4.69, 9.17) is 9.47 Å². The number of aliphatic hydroxyl groups excluding tert-OH is 1. The van der Waals surface area contributed by atoms with E-state index in [-0.39, 0.29) is 11.9 Å². The lowest BCUT2D eigenvalue weighted by Gasteiger charge is -2.33. The molecule has 1 spiro atoms. The lowest BCUT2D eigenvalue weighted by molar-refractivity contribution is -0.122. The second-order valence-corrected chi connectivity index (χ2v) is 10.3. The van der Waals surface area contributed by atoms with Gasteiger partial charge in [0, 0.05) is 6.42 Å². The van der Waals surface area contributed by atoms with Crippen molar-refractivity contribution in [3.05, 3.63) is 23.8 Å². The molecule has 0 bridgehead atoms. The highest BCUT2D eigenvalue weighted by Gasteiger charge is 2.66. The molecule has 3 aliphatic carbocycles. The normalized spacial score (nSPS) is 26.7. The van der Waals surface area contributed by atoms with E-state index >= 15 is 0 Å². The van der Waals surface area contributed by atoms with Crippen LogP contribution in [0.5, 0.6) is 11.5 Å². The molecule has 3 saturated carbocycles. The summed E-state index contributed by atoms with van der Waals surface area (Å²) in [6, 6.07) is 5.05. The Morgan fingerprint density at radius 3 is 2.38 bits per heavy atom. The Morgan fingerprint density at radius 2 is 1.79 bits per heavy atom. The molecule has 5 rings (SSSR count). The number of aliphatic hydroxyl groups is 1. The summed E-state index contributed by atoms with van der Waals surface area (Å²) >= 11 is 0. The second kappa shape index (κ2) is 12.8. The highest BCUT2D eigenvalue weighted by molar-refractivity contribution is 5.76. The highest BCUT2D eigenvalue weighted by Crippen LogP contribution is 2.75. The fourth-order valence-corrected chi connectivity index (χ4v) is 5.98. The van der Waals surface area contributed by atoms with Crippen molar-refractivity contribution in [3.63, 3.8) is 0 Å². The quantitative estimate of drug-likeness (QED) is 0.432. The number of carbonyl (C=O) groups excluding carboxylic acids is 1. The van der Waals surface area contributed by atoms with E-state index in [2.05, 4.69) is 18.0 Å². The molecule has 3 fully saturated rings. The maximum Gasteiger partial charge on any atom is 0.220 e. The van der Waals surface area contributed by atoms with Gasteiger partial charge in [-0.1, -0.05) is 38.7 Å². The van der Waals surface area contributed by atoms with Crippen LogP contribution in [0.3, 0.4) is 0 Å². The Morgan fingerprint density at radius 1 is 1.09 bits per heavy atom. The largest absolute Gasteiger partial charge is 0.486 e. The number of amides is 1. The van der Waals surface area contributed by atoms with Crippen molar-refractivity contribution < 1.29 is 19.4 Å².